The summed E-state index contributed by atoms with van der Waals surface area (Å²) in [6, 6.07) is 1.99. The molecule has 6 heteroatoms. The Bertz CT molecular complexity index is 534. The predicted molar refractivity (Wildman–Crippen MR) is 72.2 cm³/mol. The van der Waals surface area contributed by atoms with Crippen LogP contribution in [0.25, 0.3) is 0 Å². The number of carbonyl (C=O) groups is 1. The molecule has 6 nitrogen and oxygen atoms in total. The Balaban J connectivity index is 1.66. The highest BCUT2D eigenvalue weighted by Gasteiger charge is 2.62. The molecule has 2 saturated heterocycles. The number of likely N-dealkylation sites (tertiary alicyclic amines) is 1. The molecule has 2 atom stereocenters. The highest BCUT2D eigenvalue weighted by atomic mass is 16.6. The van der Waals surface area contributed by atoms with Crippen LogP contribution in [0.2, 0.25) is 0 Å². The van der Waals surface area contributed by atoms with Crippen LogP contribution in [0.15, 0.2) is 12.3 Å². The summed E-state index contributed by atoms with van der Waals surface area (Å²) in [4.78, 5) is 13.8. The number of piperidine rings is 1. The van der Waals surface area contributed by atoms with E-state index in [1.165, 1.54) is 0 Å². The van der Waals surface area contributed by atoms with E-state index in [1.807, 2.05) is 38.6 Å². The Labute approximate surface area is 118 Å². The molecule has 0 aromatic carbocycles. The van der Waals surface area contributed by atoms with Gasteiger partial charge < -0.3 is 14.4 Å². The normalized spacial score (nSPS) is 29.0. The molecule has 0 spiro atoms. The monoisotopic (exact) mass is 279 g/mol. The van der Waals surface area contributed by atoms with Gasteiger partial charge in [-0.15, -0.1) is 0 Å². The van der Waals surface area contributed by atoms with Crippen molar-refractivity contribution in [1.82, 2.24) is 14.7 Å². The molecule has 3 heterocycles. The zero-order valence-electron chi connectivity index (χ0n) is 12.4. The Morgan fingerprint density at radius 2 is 2.30 bits per heavy atom. The van der Waals surface area contributed by atoms with E-state index in [2.05, 4.69) is 5.10 Å². The van der Waals surface area contributed by atoms with Crippen molar-refractivity contribution < 1.29 is 14.3 Å². The number of nitrogens with zero attached hydrogens (tertiary/aromatic N) is 3. The number of carbonyl (C=O) groups excluding carboxylic acids is 1. The van der Waals surface area contributed by atoms with E-state index in [-0.39, 0.29) is 17.8 Å². The minimum Gasteiger partial charge on any atom is -0.444 e. The molecule has 0 aliphatic carbocycles. The number of hydrogen-bond acceptors (Lipinski definition) is 4. The summed E-state index contributed by atoms with van der Waals surface area (Å²) in [6.07, 6.45) is 2.37. The number of ether oxygens (including phenoxy) is 2. The summed E-state index contributed by atoms with van der Waals surface area (Å²) in [6.45, 7) is 6.86. The SMILES string of the molecule is Cn1nccc1C12CCN(C(=O)OC(C)(C)C)CC1O2. The number of epoxide rings is 1. The van der Waals surface area contributed by atoms with Crippen molar-refractivity contribution in [3.8, 4) is 0 Å². The maximum atomic E-state index is 12.1. The predicted octanol–water partition coefficient (Wildman–Crippen LogP) is 1.66. The molecule has 1 aromatic heterocycles. The van der Waals surface area contributed by atoms with Crippen LogP contribution in [0, 0.1) is 0 Å². The second kappa shape index (κ2) is 4.22. The molecule has 2 aliphatic heterocycles. The Kier molecular flexibility index (Phi) is 2.83. The van der Waals surface area contributed by atoms with Gasteiger partial charge in [-0.2, -0.15) is 5.10 Å². The van der Waals surface area contributed by atoms with Gasteiger partial charge in [-0.1, -0.05) is 0 Å². The molecule has 1 amide bonds. The van der Waals surface area contributed by atoms with Gasteiger partial charge in [-0.05, 0) is 26.8 Å². The second-order valence-corrected chi connectivity index (χ2v) is 6.51. The quantitative estimate of drug-likeness (QED) is 0.733. The molecule has 0 saturated carbocycles. The van der Waals surface area contributed by atoms with Crippen molar-refractivity contribution in [1.29, 1.82) is 0 Å². The van der Waals surface area contributed by atoms with Crippen LogP contribution >= 0.6 is 0 Å². The Morgan fingerprint density at radius 3 is 2.85 bits per heavy atom. The van der Waals surface area contributed by atoms with Crippen LogP contribution in [0.5, 0.6) is 0 Å². The summed E-state index contributed by atoms with van der Waals surface area (Å²) in [5.41, 5.74) is 0.383. The summed E-state index contributed by atoms with van der Waals surface area (Å²) < 4.78 is 13.1. The van der Waals surface area contributed by atoms with Crippen LogP contribution in [-0.2, 0) is 22.1 Å². The average molecular weight is 279 g/mol. The highest BCUT2D eigenvalue weighted by Crippen LogP contribution is 2.51. The molecule has 3 rings (SSSR count). The topological polar surface area (TPSA) is 59.9 Å². The second-order valence-electron chi connectivity index (χ2n) is 6.51. The highest BCUT2D eigenvalue weighted by molar-refractivity contribution is 5.68. The van der Waals surface area contributed by atoms with E-state index in [1.54, 1.807) is 11.1 Å². The third-order valence-corrected chi connectivity index (χ3v) is 3.86. The van der Waals surface area contributed by atoms with E-state index in [9.17, 15) is 4.79 Å². The fraction of sp³-hybridized carbons (Fsp3) is 0.714. The standard InChI is InChI=1S/C14H21N3O3/c1-13(2,3)20-12(18)17-8-6-14(11(9-17)19-14)10-5-7-15-16(10)4/h5,7,11H,6,8-9H2,1-4H3. The van der Waals surface area contributed by atoms with Crippen LogP contribution in [0.4, 0.5) is 4.79 Å². The lowest BCUT2D eigenvalue weighted by Crippen LogP contribution is -2.44. The van der Waals surface area contributed by atoms with Gasteiger partial charge in [0.25, 0.3) is 0 Å². The first-order valence-corrected chi connectivity index (χ1v) is 6.96. The average Bonchev–Trinajstić information content (AvgIpc) is 2.92. The number of amides is 1. The maximum Gasteiger partial charge on any atom is 0.410 e. The van der Waals surface area contributed by atoms with Crippen LogP contribution in [0.3, 0.4) is 0 Å². The third kappa shape index (κ3) is 2.18. The fourth-order valence-corrected chi connectivity index (χ4v) is 2.85. The molecule has 20 heavy (non-hydrogen) atoms. The van der Waals surface area contributed by atoms with Gasteiger partial charge in [0.15, 0.2) is 0 Å². The molecule has 2 unspecified atom stereocenters. The first kappa shape index (κ1) is 13.4. The lowest BCUT2D eigenvalue weighted by atomic mass is 9.93. The summed E-state index contributed by atoms with van der Waals surface area (Å²) in [7, 11) is 1.92. The van der Waals surface area contributed by atoms with Gasteiger partial charge in [0.1, 0.15) is 17.3 Å². The van der Waals surface area contributed by atoms with Crippen LogP contribution in [-0.4, -0.2) is 45.6 Å². The number of fused-ring (bicyclic) bond motifs is 1. The minimum atomic E-state index is -0.460. The van der Waals surface area contributed by atoms with E-state index >= 15 is 0 Å². The molecular formula is C14H21N3O3. The van der Waals surface area contributed by atoms with Crippen LogP contribution < -0.4 is 0 Å². The van der Waals surface area contributed by atoms with Gasteiger partial charge >= 0.3 is 6.09 Å². The van der Waals surface area contributed by atoms with Crippen molar-refractivity contribution in [2.24, 2.45) is 7.05 Å². The van der Waals surface area contributed by atoms with E-state index < -0.39 is 5.60 Å². The molecule has 0 bridgehead atoms. The minimum absolute atomic E-state index is 0.0548. The third-order valence-electron chi connectivity index (χ3n) is 3.86. The summed E-state index contributed by atoms with van der Waals surface area (Å²) in [5, 5.41) is 4.20. The fourth-order valence-electron chi connectivity index (χ4n) is 2.85. The number of aryl methyl sites for hydroxylation is 1. The smallest absolute Gasteiger partial charge is 0.410 e. The van der Waals surface area contributed by atoms with Gasteiger partial charge in [0, 0.05) is 26.2 Å². The molecule has 2 aliphatic rings. The molecular weight excluding hydrogens is 258 g/mol. The summed E-state index contributed by atoms with van der Waals surface area (Å²) >= 11 is 0. The number of rotatable bonds is 1. The van der Waals surface area contributed by atoms with Gasteiger partial charge in [-0.25, -0.2) is 4.79 Å². The Morgan fingerprint density at radius 1 is 1.55 bits per heavy atom. The van der Waals surface area contributed by atoms with Gasteiger partial charge in [0.05, 0.1) is 12.2 Å². The molecule has 0 radical (unpaired) electrons. The zero-order chi connectivity index (χ0) is 14.5. The first-order chi connectivity index (χ1) is 9.32. The number of aromatic nitrogens is 2. The molecule has 0 N–H and O–H groups in total. The maximum absolute atomic E-state index is 12.1. The summed E-state index contributed by atoms with van der Waals surface area (Å²) in [5.74, 6) is 0. The lowest BCUT2D eigenvalue weighted by Gasteiger charge is -2.30. The zero-order valence-corrected chi connectivity index (χ0v) is 12.4. The van der Waals surface area contributed by atoms with E-state index in [0.717, 1.165) is 12.1 Å². The lowest BCUT2D eigenvalue weighted by molar-refractivity contribution is 0.0216. The van der Waals surface area contributed by atoms with E-state index in [4.69, 9.17) is 9.47 Å². The van der Waals surface area contributed by atoms with Crippen molar-refractivity contribution >= 4 is 6.09 Å². The van der Waals surface area contributed by atoms with Crippen LogP contribution in [0.1, 0.15) is 32.9 Å². The van der Waals surface area contributed by atoms with Gasteiger partial charge in [0.2, 0.25) is 0 Å². The first-order valence-electron chi connectivity index (χ1n) is 6.96. The van der Waals surface area contributed by atoms with Gasteiger partial charge in [-0.3, -0.25) is 4.68 Å². The van der Waals surface area contributed by atoms with E-state index in [0.29, 0.717) is 13.1 Å². The number of hydrogen-bond donors (Lipinski definition) is 0. The van der Waals surface area contributed by atoms with Crippen molar-refractivity contribution in [2.75, 3.05) is 13.1 Å². The molecule has 2 fully saturated rings. The molecule has 1 aromatic rings. The van der Waals surface area contributed by atoms with Crippen molar-refractivity contribution in [3.05, 3.63) is 18.0 Å². The Hall–Kier alpha value is -1.56. The van der Waals surface area contributed by atoms with Crippen molar-refractivity contribution in [3.63, 3.8) is 0 Å². The molecule has 110 valence electrons. The van der Waals surface area contributed by atoms with Crippen molar-refractivity contribution in [2.45, 2.75) is 44.5 Å². The largest absolute Gasteiger partial charge is 0.444 e.